The standard InChI is InChI=1S/C21H20N2O2/c1-3-5-16-11-17(6-4-2)13-18(12-16)20(21(24)25)23-19-9-7-15(14-22)8-10-19/h3-13,20,23H,1-2H3,(H,24,25). The molecule has 0 aliphatic carbocycles. The minimum atomic E-state index is -0.964. The summed E-state index contributed by atoms with van der Waals surface area (Å²) in [5.74, 6) is -0.964. The van der Waals surface area contributed by atoms with E-state index in [2.05, 4.69) is 5.32 Å². The Morgan fingerprint density at radius 2 is 1.64 bits per heavy atom. The Morgan fingerprint density at radius 1 is 1.08 bits per heavy atom. The van der Waals surface area contributed by atoms with Gasteiger partial charge in [0.1, 0.15) is 0 Å². The van der Waals surface area contributed by atoms with Gasteiger partial charge in [0.25, 0.3) is 0 Å². The van der Waals surface area contributed by atoms with Crippen molar-refractivity contribution in [1.82, 2.24) is 0 Å². The third kappa shape index (κ3) is 4.82. The molecule has 0 aliphatic heterocycles. The van der Waals surface area contributed by atoms with Crippen molar-refractivity contribution in [1.29, 1.82) is 5.26 Å². The maximum absolute atomic E-state index is 11.8. The molecule has 1 unspecified atom stereocenters. The fraction of sp³-hybridized carbons (Fsp3) is 0.143. The molecule has 1 atom stereocenters. The summed E-state index contributed by atoms with van der Waals surface area (Å²) < 4.78 is 0. The SMILES string of the molecule is CC=Cc1cc(C=CC)cc(C(Nc2ccc(C#N)cc2)C(=O)O)c1. The molecule has 0 aliphatic rings. The van der Waals surface area contributed by atoms with E-state index in [1.165, 1.54) is 0 Å². The highest BCUT2D eigenvalue weighted by atomic mass is 16.4. The van der Waals surface area contributed by atoms with E-state index in [0.29, 0.717) is 16.8 Å². The summed E-state index contributed by atoms with van der Waals surface area (Å²) in [6, 6.07) is 13.6. The Hall–Kier alpha value is -3.32. The Balaban J connectivity index is 2.41. The molecule has 0 radical (unpaired) electrons. The Morgan fingerprint density at radius 3 is 2.08 bits per heavy atom. The van der Waals surface area contributed by atoms with Gasteiger partial charge in [-0.2, -0.15) is 5.26 Å². The molecule has 0 saturated carbocycles. The van der Waals surface area contributed by atoms with Crippen LogP contribution in [0, 0.1) is 11.3 Å². The number of carboxylic acid groups (broad SMARTS) is 1. The van der Waals surface area contributed by atoms with Crippen molar-refractivity contribution in [3.05, 3.63) is 76.9 Å². The zero-order valence-electron chi connectivity index (χ0n) is 14.2. The van der Waals surface area contributed by atoms with Crippen molar-refractivity contribution >= 4 is 23.8 Å². The number of nitrogens with one attached hydrogen (secondary N) is 1. The maximum atomic E-state index is 11.8. The quantitative estimate of drug-likeness (QED) is 0.792. The number of hydrogen-bond acceptors (Lipinski definition) is 3. The van der Waals surface area contributed by atoms with Crippen LogP contribution in [0.3, 0.4) is 0 Å². The lowest BCUT2D eigenvalue weighted by molar-refractivity contribution is -0.138. The molecule has 0 amide bonds. The van der Waals surface area contributed by atoms with Gasteiger partial charge in [-0.3, -0.25) is 0 Å². The second-order valence-corrected chi connectivity index (χ2v) is 5.54. The predicted molar refractivity (Wildman–Crippen MR) is 101 cm³/mol. The van der Waals surface area contributed by atoms with E-state index in [1.807, 2.05) is 62.4 Å². The number of carbonyl (C=O) groups is 1. The Labute approximate surface area is 147 Å². The molecule has 25 heavy (non-hydrogen) atoms. The van der Waals surface area contributed by atoms with Crippen LogP contribution in [-0.2, 0) is 4.79 Å². The lowest BCUT2D eigenvalue weighted by Crippen LogP contribution is -2.20. The van der Waals surface area contributed by atoms with Gasteiger partial charge >= 0.3 is 5.97 Å². The number of carboxylic acids is 1. The molecule has 2 aromatic carbocycles. The minimum Gasteiger partial charge on any atom is -0.479 e. The van der Waals surface area contributed by atoms with Crippen LogP contribution >= 0.6 is 0 Å². The van der Waals surface area contributed by atoms with Gasteiger partial charge in [-0.05, 0) is 73.0 Å². The number of aliphatic carboxylic acids is 1. The van der Waals surface area contributed by atoms with Crippen LogP contribution in [0.25, 0.3) is 12.2 Å². The van der Waals surface area contributed by atoms with Crippen molar-refractivity contribution in [3.63, 3.8) is 0 Å². The largest absolute Gasteiger partial charge is 0.479 e. The number of nitriles is 1. The van der Waals surface area contributed by atoms with Crippen molar-refractivity contribution < 1.29 is 9.90 Å². The molecule has 4 nitrogen and oxygen atoms in total. The smallest absolute Gasteiger partial charge is 0.330 e. The molecular weight excluding hydrogens is 312 g/mol. The molecule has 4 heteroatoms. The first kappa shape index (κ1) is 18.0. The molecule has 0 saturated heterocycles. The first-order valence-corrected chi connectivity index (χ1v) is 7.97. The molecule has 0 spiro atoms. The highest BCUT2D eigenvalue weighted by molar-refractivity contribution is 5.80. The van der Waals surface area contributed by atoms with E-state index in [9.17, 15) is 9.90 Å². The van der Waals surface area contributed by atoms with Gasteiger partial charge in [-0.1, -0.05) is 24.3 Å². The zero-order valence-corrected chi connectivity index (χ0v) is 14.2. The molecule has 0 aromatic heterocycles. The number of benzene rings is 2. The van der Waals surface area contributed by atoms with Crippen LogP contribution in [0.2, 0.25) is 0 Å². The lowest BCUT2D eigenvalue weighted by Gasteiger charge is -2.17. The topological polar surface area (TPSA) is 73.1 Å². The minimum absolute atomic E-state index is 0.530. The number of nitrogens with zero attached hydrogens (tertiary/aromatic N) is 1. The zero-order chi connectivity index (χ0) is 18.2. The van der Waals surface area contributed by atoms with Crippen LogP contribution < -0.4 is 5.32 Å². The highest BCUT2D eigenvalue weighted by Crippen LogP contribution is 2.24. The normalized spacial score (nSPS) is 12.2. The highest BCUT2D eigenvalue weighted by Gasteiger charge is 2.20. The molecule has 0 fully saturated rings. The lowest BCUT2D eigenvalue weighted by atomic mass is 9.99. The van der Waals surface area contributed by atoms with E-state index >= 15 is 0 Å². The second-order valence-electron chi connectivity index (χ2n) is 5.54. The second kappa shape index (κ2) is 8.51. The number of allylic oxidation sites excluding steroid dienone is 2. The fourth-order valence-electron chi connectivity index (χ4n) is 2.54. The third-order valence-electron chi connectivity index (χ3n) is 3.62. The Kier molecular flexibility index (Phi) is 6.14. The van der Waals surface area contributed by atoms with Gasteiger partial charge in [0.05, 0.1) is 11.6 Å². The van der Waals surface area contributed by atoms with Gasteiger partial charge in [0.2, 0.25) is 0 Å². The van der Waals surface area contributed by atoms with E-state index < -0.39 is 12.0 Å². The summed E-state index contributed by atoms with van der Waals surface area (Å²) in [4.78, 5) is 11.8. The summed E-state index contributed by atoms with van der Waals surface area (Å²) >= 11 is 0. The van der Waals surface area contributed by atoms with Gasteiger partial charge in [-0.15, -0.1) is 0 Å². The van der Waals surface area contributed by atoms with E-state index in [4.69, 9.17) is 5.26 Å². The van der Waals surface area contributed by atoms with Crippen LogP contribution in [0.4, 0.5) is 5.69 Å². The van der Waals surface area contributed by atoms with Crippen molar-refractivity contribution in [2.24, 2.45) is 0 Å². The molecule has 2 aromatic rings. The van der Waals surface area contributed by atoms with Crippen LogP contribution in [0.1, 0.15) is 42.1 Å². The molecule has 0 heterocycles. The van der Waals surface area contributed by atoms with Crippen LogP contribution in [0.15, 0.2) is 54.6 Å². The fourth-order valence-corrected chi connectivity index (χ4v) is 2.54. The van der Waals surface area contributed by atoms with Crippen LogP contribution in [0.5, 0.6) is 0 Å². The predicted octanol–water partition coefficient (Wildman–Crippen LogP) is 4.86. The van der Waals surface area contributed by atoms with E-state index in [-0.39, 0.29) is 0 Å². The molecule has 126 valence electrons. The van der Waals surface area contributed by atoms with Crippen molar-refractivity contribution in [2.75, 3.05) is 5.32 Å². The Bertz CT molecular complexity index is 813. The monoisotopic (exact) mass is 332 g/mol. The average Bonchev–Trinajstić information content (AvgIpc) is 2.60. The average molecular weight is 332 g/mol. The molecule has 2 rings (SSSR count). The number of rotatable bonds is 6. The van der Waals surface area contributed by atoms with Gasteiger partial charge in [0, 0.05) is 5.69 Å². The molecule has 2 N–H and O–H groups in total. The van der Waals surface area contributed by atoms with Crippen LogP contribution in [-0.4, -0.2) is 11.1 Å². The summed E-state index contributed by atoms with van der Waals surface area (Å²) in [6.45, 7) is 3.84. The van der Waals surface area contributed by atoms with Gasteiger partial charge in [0.15, 0.2) is 6.04 Å². The molecular formula is C21H20N2O2. The summed E-state index contributed by atoms with van der Waals surface area (Å²) in [5.41, 5.74) is 3.74. The van der Waals surface area contributed by atoms with Crippen molar-refractivity contribution in [2.45, 2.75) is 19.9 Å². The summed E-state index contributed by atoms with van der Waals surface area (Å²) in [7, 11) is 0. The summed E-state index contributed by atoms with van der Waals surface area (Å²) in [5, 5.41) is 21.6. The first-order chi connectivity index (χ1) is 12.1. The van der Waals surface area contributed by atoms with E-state index in [1.54, 1.807) is 24.3 Å². The van der Waals surface area contributed by atoms with Crippen molar-refractivity contribution in [3.8, 4) is 6.07 Å². The third-order valence-corrected chi connectivity index (χ3v) is 3.62. The van der Waals surface area contributed by atoms with E-state index in [0.717, 1.165) is 11.1 Å². The number of anilines is 1. The number of hydrogen-bond donors (Lipinski definition) is 2. The van der Waals surface area contributed by atoms with Gasteiger partial charge in [-0.25, -0.2) is 4.79 Å². The maximum Gasteiger partial charge on any atom is 0.330 e. The first-order valence-electron chi connectivity index (χ1n) is 7.97. The van der Waals surface area contributed by atoms with Gasteiger partial charge < -0.3 is 10.4 Å². The molecule has 0 bridgehead atoms. The summed E-state index contributed by atoms with van der Waals surface area (Å²) in [6.07, 6.45) is 7.72.